The molecule has 8 nitrogen and oxygen atoms in total. The lowest BCUT2D eigenvalue weighted by Gasteiger charge is -2.34. The molecule has 190 valence electrons. The predicted molar refractivity (Wildman–Crippen MR) is 123 cm³/mol. The number of rotatable bonds is 7. The molecule has 1 amide bonds. The molecule has 0 unspecified atom stereocenters. The predicted octanol–water partition coefficient (Wildman–Crippen LogP) is 5.05. The van der Waals surface area contributed by atoms with Gasteiger partial charge in [0.15, 0.2) is 5.76 Å². The Labute approximate surface area is 205 Å². The number of piperazine rings is 1. The van der Waals surface area contributed by atoms with E-state index in [4.69, 9.17) is 9.15 Å². The molecule has 2 heterocycles. The summed E-state index contributed by atoms with van der Waals surface area (Å²) >= 11 is 0. The molecule has 0 N–H and O–H groups in total. The first-order valence-corrected chi connectivity index (χ1v) is 11.2. The van der Waals surface area contributed by atoms with Gasteiger partial charge in [0.05, 0.1) is 10.5 Å². The quantitative estimate of drug-likeness (QED) is 0.331. The molecule has 2 aromatic carbocycles. The van der Waals surface area contributed by atoms with Gasteiger partial charge < -0.3 is 14.1 Å². The second kappa shape index (κ2) is 10.4. The second-order valence-electron chi connectivity index (χ2n) is 8.53. The molecule has 0 spiro atoms. The highest BCUT2D eigenvalue weighted by molar-refractivity contribution is 5.91. The smallest absolute Gasteiger partial charge is 0.416 e. The molecule has 1 aliphatic heterocycles. The largest absolute Gasteiger partial charge is 0.486 e. The van der Waals surface area contributed by atoms with Crippen molar-refractivity contribution in [1.82, 2.24) is 9.80 Å². The van der Waals surface area contributed by atoms with Crippen molar-refractivity contribution in [1.29, 1.82) is 0 Å². The molecule has 1 fully saturated rings. The minimum absolute atomic E-state index is 0.00292. The van der Waals surface area contributed by atoms with Gasteiger partial charge in [0.25, 0.3) is 11.6 Å². The average Bonchev–Trinajstić information content (AvgIpc) is 3.31. The highest BCUT2D eigenvalue weighted by Crippen LogP contribution is 2.30. The van der Waals surface area contributed by atoms with E-state index in [9.17, 15) is 28.1 Å². The maximum atomic E-state index is 12.9. The van der Waals surface area contributed by atoms with Crippen LogP contribution in [0, 0.1) is 17.0 Å². The van der Waals surface area contributed by atoms with Gasteiger partial charge in [-0.25, -0.2) is 0 Å². The Morgan fingerprint density at radius 3 is 2.50 bits per heavy atom. The highest BCUT2D eigenvalue weighted by atomic mass is 19.4. The van der Waals surface area contributed by atoms with Crippen LogP contribution in [0.1, 0.15) is 33.0 Å². The van der Waals surface area contributed by atoms with Crippen molar-refractivity contribution in [3.8, 4) is 5.75 Å². The molecule has 0 radical (unpaired) electrons. The second-order valence-corrected chi connectivity index (χ2v) is 8.53. The fourth-order valence-electron chi connectivity index (χ4n) is 4.02. The number of furan rings is 1. The Bertz CT molecular complexity index is 1250. The normalized spacial score (nSPS) is 14.6. The summed E-state index contributed by atoms with van der Waals surface area (Å²) in [6.07, 6.45) is -4.38. The molecule has 0 atom stereocenters. The first-order chi connectivity index (χ1) is 17.1. The minimum Gasteiger partial charge on any atom is -0.486 e. The molecule has 3 aromatic rings. The van der Waals surface area contributed by atoms with E-state index in [0.29, 0.717) is 55.4 Å². The van der Waals surface area contributed by atoms with Gasteiger partial charge in [0.2, 0.25) is 0 Å². The summed E-state index contributed by atoms with van der Waals surface area (Å²) in [5.74, 6) is 0.766. The number of alkyl halides is 3. The van der Waals surface area contributed by atoms with Crippen LogP contribution in [-0.4, -0.2) is 46.8 Å². The number of amides is 1. The number of hydrogen-bond donors (Lipinski definition) is 0. The van der Waals surface area contributed by atoms with Gasteiger partial charge in [-0.15, -0.1) is 0 Å². The number of nitro groups is 1. The molecule has 36 heavy (non-hydrogen) atoms. The SMILES string of the molecule is Cc1cc(OCc2ccc(C(=O)N3CCN(Cc4cccc(C(F)(F)F)c4)CC3)o2)ccc1[N+](=O)[O-]. The third-order valence-electron chi connectivity index (χ3n) is 5.94. The zero-order valence-corrected chi connectivity index (χ0v) is 19.5. The lowest BCUT2D eigenvalue weighted by molar-refractivity contribution is -0.385. The summed E-state index contributed by atoms with van der Waals surface area (Å²) in [5.41, 5.74) is 0.377. The number of aryl methyl sites for hydroxylation is 1. The fraction of sp³-hybridized carbons (Fsp3) is 0.320. The van der Waals surface area contributed by atoms with Crippen molar-refractivity contribution in [3.05, 3.63) is 92.9 Å². The van der Waals surface area contributed by atoms with Gasteiger partial charge in [-0.1, -0.05) is 18.2 Å². The molecule has 11 heteroatoms. The molecule has 4 rings (SSSR count). The molecule has 0 bridgehead atoms. The number of benzene rings is 2. The van der Waals surface area contributed by atoms with Crippen molar-refractivity contribution in [2.75, 3.05) is 26.2 Å². The van der Waals surface area contributed by atoms with E-state index in [0.717, 1.165) is 12.1 Å². The van der Waals surface area contributed by atoms with Gasteiger partial charge in [-0.05, 0) is 42.8 Å². The summed E-state index contributed by atoms with van der Waals surface area (Å²) in [6.45, 7) is 3.94. The maximum Gasteiger partial charge on any atom is 0.416 e. The third kappa shape index (κ3) is 6.03. The van der Waals surface area contributed by atoms with Gasteiger partial charge in [-0.3, -0.25) is 19.8 Å². The van der Waals surface area contributed by atoms with Crippen LogP contribution in [-0.2, 0) is 19.3 Å². The Balaban J connectivity index is 1.28. The monoisotopic (exact) mass is 503 g/mol. The van der Waals surface area contributed by atoms with Crippen molar-refractivity contribution >= 4 is 11.6 Å². The van der Waals surface area contributed by atoms with E-state index in [1.165, 1.54) is 18.2 Å². The first kappa shape index (κ1) is 25.2. The van der Waals surface area contributed by atoms with Crippen molar-refractivity contribution in [3.63, 3.8) is 0 Å². The fourth-order valence-corrected chi connectivity index (χ4v) is 4.02. The van der Waals surface area contributed by atoms with E-state index >= 15 is 0 Å². The van der Waals surface area contributed by atoms with Crippen LogP contribution >= 0.6 is 0 Å². The first-order valence-electron chi connectivity index (χ1n) is 11.2. The van der Waals surface area contributed by atoms with Crippen molar-refractivity contribution in [2.24, 2.45) is 0 Å². The Kier molecular flexibility index (Phi) is 7.30. The van der Waals surface area contributed by atoms with Crippen LogP contribution in [0.2, 0.25) is 0 Å². The number of carbonyl (C=O) groups excluding carboxylic acids is 1. The van der Waals surface area contributed by atoms with Crippen LogP contribution in [0.15, 0.2) is 59.0 Å². The van der Waals surface area contributed by atoms with Crippen LogP contribution in [0.3, 0.4) is 0 Å². The lowest BCUT2D eigenvalue weighted by atomic mass is 10.1. The topological polar surface area (TPSA) is 89.1 Å². The van der Waals surface area contributed by atoms with Crippen LogP contribution in [0.4, 0.5) is 18.9 Å². The summed E-state index contributed by atoms with van der Waals surface area (Å²) in [6, 6.07) is 12.9. The van der Waals surface area contributed by atoms with E-state index < -0.39 is 16.7 Å². The van der Waals surface area contributed by atoms with Crippen molar-refractivity contribution < 1.29 is 32.0 Å². The van der Waals surface area contributed by atoms with E-state index in [2.05, 4.69) is 0 Å². The molecule has 1 aromatic heterocycles. The Morgan fingerprint density at radius 2 is 1.83 bits per heavy atom. The summed E-state index contributed by atoms with van der Waals surface area (Å²) in [5, 5.41) is 10.9. The van der Waals surface area contributed by atoms with Crippen molar-refractivity contribution in [2.45, 2.75) is 26.3 Å². The summed E-state index contributed by atoms with van der Waals surface area (Å²) in [4.78, 5) is 27.0. The zero-order valence-electron chi connectivity index (χ0n) is 19.5. The summed E-state index contributed by atoms with van der Waals surface area (Å²) < 4.78 is 50.1. The zero-order chi connectivity index (χ0) is 25.9. The third-order valence-corrected chi connectivity index (χ3v) is 5.94. The summed E-state index contributed by atoms with van der Waals surface area (Å²) in [7, 11) is 0. The minimum atomic E-state index is -4.38. The van der Waals surface area contributed by atoms with Gasteiger partial charge >= 0.3 is 6.18 Å². The molecular formula is C25H24F3N3O5. The number of ether oxygens (including phenoxy) is 1. The molecule has 1 aliphatic rings. The van der Waals surface area contributed by atoms with Gasteiger partial charge in [0, 0.05) is 44.4 Å². The number of carbonyl (C=O) groups is 1. The van der Waals surface area contributed by atoms with Crippen LogP contribution < -0.4 is 4.74 Å². The van der Waals surface area contributed by atoms with E-state index in [-0.39, 0.29) is 24.0 Å². The molecule has 0 aliphatic carbocycles. The number of nitro benzene ring substituents is 1. The van der Waals surface area contributed by atoms with Crippen LogP contribution in [0.25, 0.3) is 0 Å². The Hall–Kier alpha value is -3.86. The number of halogens is 3. The molecule has 0 saturated carbocycles. The standard InChI is InChI=1S/C25H24F3N3O5/c1-17-13-20(5-7-22(17)31(33)34)35-16-21-6-8-23(36-21)24(32)30-11-9-29(10-12-30)15-18-3-2-4-19(14-18)25(26,27)28/h2-8,13-14H,9-12,15-16H2,1H3. The van der Waals surface area contributed by atoms with E-state index in [1.807, 2.05) is 4.90 Å². The Morgan fingerprint density at radius 1 is 1.08 bits per heavy atom. The number of hydrogen-bond acceptors (Lipinski definition) is 6. The van der Waals surface area contributed by atoms with E-state index in [1.54, 1.807) is 36.1 Å². The molecular weight excluding hydrogens is 479 g/mol. The van der Waals surface area contributed by atoms with Gasteiger partial charge in [-0.2, -0.15) is 13.2 Å². The molecule has 1 saturated heterocycles. The average molecular weight is 503 g/mol. The van der Waals surface area contributed by atoms with Crippen LogP contribution in [0.5, 0.6) is 5.75 Å². The maximum absolute atomic E-state index is 12.9. The number of nitrogens with zero attached hydrogens (tertiary/aromatic N) is 3. The highest BCUT2D eigenvalue weighted by Gasteiger charge is 2.31. The lowest BCUT2D eigenvalue weighted by Crippen LogP contribution is -2.48. The van der Waals surface area contributed by atoms with Gasteiger partial charge in [0.1, 0.15) is 18.1 Å².